The van der Waals surface area contributed by atoms with Crippen LogP contribution in [0.2, 0.25) is 0 Å². The maximum atomic E-state index is 13.0. The third kappa shape index (κ3) is 58.8. The van der Waals surface area contributed by atoms with Crippen molar-refractivity contribution in [2.24, 2.45) is 0 Å². The summed E-state index contributed by atoms with van der Waals surface area (Å²) in [6.07, 6.45) is 2.55. The smallest absolute Gasteiger partial charge is 0.407 e. The summed E-state index contributed by atoms with van der Waals surface area (Å²) in [6, 6.07) is 0. The largest absolute Gasteiger partial charge is 0.461 e. The van der Waals surface area contributed by atoms with E-state index in [0.29, 0.717) is 6.42 Å². The maximum absolute atomic E-state index is 13.0. The number of carbonyl (C=O) groups excluding carboxylic acids is 7. The van der Waals surface area contributed by atoms with Gasteiger partial charge in [0.2, 0.25) is 5.83 Å². The van der Waals surface area contributed by atoms with E-state index in [0.717, 1.165) is 18.2 Å². The van der Waals surface area contributed by atoms with Gasteiger partial charge in [-0.2, -0.15) is 14.0 Å². The minimum absolute atomic E-state index is 0.00130. The van der Waals surface area contributed by atoms with E-state index < -0.39 is 83.4 Å². The van der Waals surface area contributed by atoms with E-state index in [1.807, 2.05) is 0 Å². The minimum atomic E-state index is -1.04. The Morgan fingerprint density at radius 3 is 0.952 bits per heavy atom. The summed E-state index contributed by atoms with van der Waals surface area (Å²) >= 11 is 0. The monoisotopic (exact) mass is 904 g/mol. The number of rotatable bonds is 13. The number of ether oxygens (including phenoxy) is 5. The lowest BCUT2D eigenvalue weighted by Crippen LogP contribution is -2.32. The highest BCUT2D eigenvalue weighted by Crippen LogP contribution is 2.09. The molecule has 0 spiro atoms. The van der Waals surface area contributed by atoms with Crippen molar-refractivity contribution in [1.29, 1.82) is 0 Å². The molecule has 0 aromatic carbocycles. The van der Waals surface area contributed by atoms with Gasteiger partial charge in [0, 0.05) is 26.2 Å². The molecular formula is C40H68F4N4O14. The van der Waals surface area contributed by atoms with E-state index in [4.69, 9.17) is 38.7 Å². The van der Waals surface area contributed by atoms with Crippen LogP contribution in [-0.4, -0.2) is 115 Å². The van der Waals surface area contributed by atoms with Gasteiger partial charge in [0.05, 0.1) is 25.6 Å². The van der Waals surface area contributed by atoms with Gasteiger partial charge >= 0.3 is 36.5 Å². The molecule has 0 aliphatic heterocycles. The number of amides is 4. The Morgan fingerprint density at radius 2 is 0.742 bits per heavy atom. The average Bonchev–Trinajstić information content (AvgIpc) is 3.09. The molecule has 0 aliphatic rings. The Labute approximate surface area is 361 Å². The van der Waals surface area contributed by atoms with E-state index >= 15 is 0 Å². The van der Waals surface area contributed by atoms with E-state index in [9.17, 15) is 41.5 Å². The van der Waals surface area contributed by atoms with Gasteiger partial charge in [-0.15, -0.1) is 0 Å². The highest BCUT2D eigenvalue weighted by atomic mass is 19.1. The highest BCUT2D eigenvalue weighted by molar-refractivity contribution is 5.86. The predicted molar refractivity (Wildman–Crippen MR) is 220 cm³/mol. The lowest BCUT2D eigenvalue weighted by molar-refractivity contribution is -0.191. The number of hydrogen-bond donors (Lipinski definition) is 6. The zero-order valence-electron chi connectivity index (χ0n) is 38.3. The molecule has 6 N–H and O–H groups in total. The summed E-state index contributed by atoms with van der Waals surface area (Å²) in [5.74, 6) is -3.68. The molecule has 0 atom stereocenters. The summed E-state index contributed by atoms with van der Waals surface area (Å²) < 4.78 is 74.3. The second kappa shape index (κ2) is 36.2. The second-order valence-electron chi connectivity index (χ2n) is 15.5. The fraction of sp³-hybridized carbons (Fsp3) is 0.650. The lowest BCUT2D eigenvalue weighted by atomic mass is 10.2. The molecule has 0 heterocycles. The van der Waals surface area contributed by atoms with E-state index in [2.05, 4.69) is 26.0 Å². The van der Waals surface area contributed by atoms with Crippen LogP contribution in [0, 0.1) is 0 Å². The number of allylic oxidation sites excluding steroid dienone is 1. The Balaban J connectivity index is -0.000000228. The maximum Gasteiger partial charge on any atom is 0.407 e. The summed E-state index contributed by atoms with van der Waals surface area (Å²) in [5, 5.41) is 25.9. The van der Waals surface area contributed by atoms with Crippen LogP contribution in [0.15, 0.2) is 47.6 Å². The summed E-state index contributed by atoms with van der Waals surface area (Å²) in [4.78, 5) is 71.2. The number of nitrogens with one attached hydrogen (secondary N) is 4. The van der Waals surface area contributed by atoms with Crippen LogP contribution in [0.4, 0.5) is 36.7 Å². The third-order valence-corrected chi connectivity index (χ3v) is 4.94. The van der Waals surface area contributed by atoms with Crippen LogP contribution in [0.1, 0.15) is 103 Å². The molecule has 0 fully saturated rings. The Bertz CT molecular complexity index is 1360. The number of aliphatic hydroxyl groups excluding tert-OH is 2. The van der Waals surface area contributed by atoms with Gasteiger partial charge in [0.1, 0.15) is 34.1 Å². The van der Waals surface area contributed by atoms with E-state index in [1.165, 1.54) is 6.08 Å². The topological polar surface area (TPSA) is 254 Å². The van der Waals surface area contributed by atoms with Crippen LogP contribution in [-0.2, 0) is 38.1 Å². The Morgan fingerprint density at radius 1 is 0.500 bits per heavy atom. The summed E-state index contributed by atoms with van der Waals surface area (Å²) in [5.41, 5.74) is -2.27. The molecule has 62 heavy (non-hydrogen) atoms. The van der Waals surface area contributed by atoms with Crippen LogP contribution in [0.25, 0.3) is 0 Å². The Hall–Kier alpha value is -5.47. The second-order valence-corrected chi connectivity index (χ2v) is 15.5. The van der Waals surface area contributed by atoms with Crippen LogP contribution >= 0.6 is 0 Å². The van der Waals surface area contributed by atoms with Crippen molar-refractivity contribution in [2.45, 2.75) is 126 Å². The molecule has 0 saturated carbocycles. The molecule has 0 aromatic rings. The lowest BCUT2D eigenvalue weighted by Gasteiger charge is -2.19. The van der Waals surface area contributed by atoms with Crippen molar-refractivity contribution >= 4 is 36.5 Å². The van der Waals surface area contributed by atoms with Gasteiger partial charge in [-0.3, -0.25) is 0 Å². The first kappa shape index (κ1) is 65.6. The number of hydrogen-bond acceptors (Lipinski definition) is 14. The zero-order valence-corrected chi connectivity index (χ0v) is 38.3. The molecule has 0 unspecified atom stereocenters. The molecule has 0 aliphatic carbocycles. The van der Waals surface area contributed by atoms with Crippen molar-refractivity contribution < 1.29 is 85.0 Å². The molecule has 0 radical (unpaired) electrons. The summed E-state index contributed by atoms with van der Waals surface area (Å²) in [7, 11) is 0. The van der Waals surface area contributed by atoms with Gasteiger partial charge in [0.25, 0.3) is 0 Å². The van der Waals surface area contributed by atoms with E-state index in [1.54, 1.807) is 96.9 Å². The minimum Gasteiger partial charge on any atom is -0.461 e. The Kier molecular flexibility index (Phi) is 38.3. The van der Waals surface area contributed by atoms with Crippen molar-refractivity contribution in [3.05, 3.63) is 47.6 Å². The average molecular weight is 905 g/mol. The normalized spacial score (nSPS) is 11.9. The van der Waals surface area contributed by atoms with Gasteiger partial charge in [0.15, 0.2) is 0 Å². The molecule has 22 heteroatoms. The first-order valence-corrected chi connectivity index (χ1v) is 18.9. The molecule has 4 amide bonds. The van der Waals surface area contributed by atoms with Crippen molar-refractivity contribution in [1.82, 2.24) is 21.3 Å². The molecule has 360 valence electrons. The van der Waals surface area contributed by atoms with Gasteiger partial charge in [-0.25, -0.2) is 37.1 Å². The van der Waals surface area contributed by atoms with Gasteiger partial charge < -0.3 is 55.2 Å². The molecule has 0 saturated heterocycles. The summed E-state index contributed by atoms with van der Waals surface area (Å²) in [6.45, 7) is 22.9. The van der Waals surface area contributed by atoms with Crippen LogP contribution < -0.4 is 21.3 Å². The van der Waals surface area contributed by atoms with Crippen LogP contribution in [0.3, 0.4) is 0 Å². The van der Waals surface area contributed by atoms with Crippen LogP contribution in [0.5, 0.6) is 0 Å². The number of halogens is 4. The molecular weight excluding hydrogens is 836 g/mol. The third-order valence-electron chi connectivity index (χ3n) is 4.94. The fourth-order valence-corrected chi connectivity index (χ4v) is 2.77. The number of alkyl carbamates (subject to hydrolysis) is 4. The molecule has 18 nitrogen and oxygen atoms in total. The molecule has 0 rings (SSSR count). The number of aliphatic hydroxyl groups is 2. The number of esters is 1. The first-order valence-electron chi connectivity index (χ1n) is 18.9. The number of carbonyl (C=O) groups is 5. The van der Waals surface area contributed by atoms with E-state index in [-0.39, 0.29) is 44.8 Å². The van der Waals surface area contributed by atoms with Gasteiger partial charge in [-0.05, 0) is 121 Å². The fourth-order valence-electron chi connectivity index (χ4n) is 2.77. The zero-order chi connectivity index (χ0) is 49.8. The molecule has 0 bridgehead atoms. The van der Waals surface area contributed by atoms with Crippen molar-refractivity contribution in [3.63, 3.8) is 0 Å². The molecule has 0 aromatic heterocycles. The highest BCUT2D eigenvalue weighted by Gasteiger charge is 2.18. The van der Waals surface area contributed by atoms with Crippen molar-refractivity contribution in [3.8, 4) is 0 Å². The first-order chi connectivity index (χ1) is 28.2. The predicted octanol–water partition coefficient (Wildman–Crippen LogP) is 6.83. The quantitative estimate of drug-likeness (QED) is 0.0480. The standard InChI is InChI=1S/C11H18FNO4.C10H18FNO2.2C9H16FNO3.CO2/c1-5-16-9(14)8(12)6-7-13-10(15)17-11(2,3)4;1-5-8(11)6-7-12-9(13)14-10(2,3)4;2*1-9(2,3)14-8(13)11-5-4-7(10)6-12;2-1-3/h6H,5,7H2,1-4H3,(H,13,15);6H,5,7H2,1-4H3,(H,12,13);2*4,12H,5-6H2,1-3H3,(H,11,13);/b8-6+;8-6-;7-4+;7-4-;. The SMILES string of the molecule is CC(C)(C)OC(=O)NC/C=C(/F)CO.CC(C)(C)OC(=O)NC/C=C(\F)CO.CC/C(F)=C/CNC(=O)OC(C)(C)C.CCOC(=O)/C(F)=C\CNC(=O)OC(C)(C)C.O=C=O. The van der Waals surface area contributed by atoms with Crippen molar-refractivity contribution in [2.75, 3.05) is 46.0 Å². The van der Waals surface area contributed by atoms with Gasteiger partial charge in [-0.1, -0.05) is 6.92 Å².